The number of hydrogen-bond donors (Lipinski definition) is 5. The summed E-state index contributed by atoms with van der Waals surface area (Å²) in [6.45, 7) is 17.8. The highest BCUT2D eigenvalue weighted by Crippen LogP contribution is 2.62. The Balaban J connectivity index is 0.000000159. The number of aromatic amines is 1. The number of ether oxygens (including phenoxy) is 14. The molecule has 596 valence electrons. The Morgan fingerprint density at radius 1 is 0.694 bits per heavy atom. The highest BCUT2D eigenvalue weighted by molar-refractivity contribution is 6.16. The molecule has 2 spiro atoms. The first kappa shape index (κ1) is 79.3. The van der Waals surface area contributed by atoms with Gasteiger partial charge in [-0.15, -0.1) is 0 Å². The van der Waals surface area contributed by atoms with Crippen LogP contribution >= 0.6 is 0 Å². The molecule has 10 heterocycles. The van der Waals surface area contributed by atoms with Crippen LogP contribution in [0.15, 0.2) is 103 Å². The fourth-order valence-electron chi connectivity index (χ4n) is 18.7. The normalized spacial score (nSPS) is 32.7. The SMILES string of the molecule is CC(=O)O[C@@H]1[C@@H](O)[C@H](O[C@H]2[C@H](OC(=O)[C@@H]3CC[C@@H]4[C@H](C3)O[C@]3(C[C@H](OC(=O)/C=C/c5ccccc5)[C@H](C)CO3)[C@@]43CO3)O[C@H](C)[C@@H](O)[C@@H]2OC(C)=O)O[C@H](C)[C@H]1O.CC[C@H]1CN2CCc3cc(OC)c(OC)cc3[C@@H]2C[C@@H]1C[C@H]1NCCc2cc(OC)c(OC)cc21.Cc1c2ccncc2c(C)c2c1[nH]c1ccccc12. The topological polar surface area (TPSA) is 305 Å². The molecule has 16 rings (SSSR count). The van der Waals surface area contributed by atoms with Gasteiger partial charge in [0, 0.05) is 97.4 Å². The Morgan fingerprint density at radius 3 is 2.05 bits per heavy atom. The fraction of sp³-hybridized carbons (Fsp3) is 0.547. The number of esters is 4. The molecule has 25 nitrogen and oxygen atoms in total. The quantitative estimate of drug-likeness (QED) is 0.0260. The van der Waals surface area contributed by atoms with Crippen molar-refractivity contribution in [1.82, 2.24) is 20.2 Å². The number of aromatic nitrogens is 2. The smallest absolute Gasteiger partial charge is 0.331 e. The highest BCUT2D eigenvalue weighted by atomic mass is 16.8. The minimum atomic E-state index is -1.73. The van der Waals surface area contributed by atoms with E-state index in [1.807, 2.05) is 49.6 Å². The molecule has 111 heavy (non-hydrogen) atoms. The zero-order valence-corrected chi connectivity index (χ0v) is 65.3. The maximum atomic E-state index is 14.0. The van der Waals surface area contributed by atoms with Crippen molar-refractivity contribution in [3.63, 3.8) is 0 Å². The van der Waals surface area contributed by atoms with Gasteiger partial charge in [0.15, 0.2) is 53.2 Å². The van der Waals surface area contributed by atoms with Gasteiger partial charge in [-0.1, -0.05) is 68.8 Å². The molecule has 25 heteroatoms. The average Bonchev–Trinajstić information content (AvgIpc) is 1.51. The number of aliphatic hydroxyl groups excluding tert-OH is 3. The van der Waals surface area contributed by atoms with Gasteiger partial charge in [0.05, 0.1) is 71.4 Å². The van der Waals surface area contributed by atoms with E-state index in [0.717, 1.165) is 74.8 Å². The molecule has 2 aromatic heterocycles. The standard InChI is InChI=1S/C40H52O17.C29H40N2O4.C17H14N2/c1-19-17-48-40(16-28(19)54-29(43)14-11-24-9-7-6-8-10-24)39(18-49-39)26-13-12-25(15-27(26)57-40)36(47)56-38-35(34(53-23(5)42)31(45)21(3)51-38)55-37-32(46)33(52-22(4)41)30(44)20(2)50-37;1-6-18-17-31-10-8-20-14-27(33-3)29(35-5)16-23(20)25(31)12-21(18)11-24-22-15-28(34-4)26(32-2)13-19(22)7-9-30-24;1-10-14-9-18-8-7-12(14)11(2)17-16(10)13-5-3-4-6-15(13)19-17/h6-11,14,19-21,25-28,30-35,37-38,44-46H,12-13,15-18H2,1-5H3;13-16,18,21,24-25,30H,6-12,17H2,1-5H3;3-9,19H,1-2H3/b14-11+;;/t19-,20-,21-,25-,26-,27+,28+,30-,31-,32-,33+,34+,35-,37+,38+,39-,40-;18-,21-,24+,25-;/m10./s1. The number of nitrogens with zero attached hydrogens (tertiary/aromatic N) is 2. The van der Waals surface area contributed by atoms with Gasteiger partial charge in [-0.3, -0.25) is 24.3 Å². The number of aliphatic hydroxyl groups is 3. The minimum Gasteiger partial charge on any atom is -0.493 e. The summed E-state index contributed by atoms with van der Waals surface area (Å²) in [6, 6.07) is 29.6. The summed E-state index contributed by atoms with van der Waals surface area (Å²) in [5.41, 5.74) is 10.8. The zero-order valence-electron chi connectivity index (χ0n) is 65.3. The number of piperidine rings is 1. The predicted molar refractivity (Wildman–Crippen MR) is 410 cm³/mol. The van der Waals surface area contributed by atoms with Crippen LogP contribution in [-0.4, -0.2) is 200 Å². The summed E-state index contributed by atoms with van der Waals surface area (Å²) in [5, 5.41) is 41.7. The number of H-pyrrole nitrogens is 1. The molecule has 7 aromatic rings. The Hall–Kier alpha value is -8.31. The molecular formula is C86H106N4O21. The van der Waals surface area contributed by atoms with Gasteiger partial charge >= 0.3 is 23.9 Å². The van der Waals surface area contributed by atoms with Crippen LogP contribution in [0.4, 0.5) is 0 Å². The van der Waals surface area contributed by atoms with E-state index in [9.17, 15) is 34.5 Å². The number of rotatable bonds is 16. The molecule has 21 atom stereocenters. The van der Waals surface area contributed by atoms with Crippen LogP contribution in [0.2, 0.25) is 0 Å². The first-order valence-electron chi connectivity index (χ1n) is 39.1. The summed E-state index contributed by atoms with van der Waals surface area (Å²) in [7, 11) is 6.90. The number of methoxy groups -OCH3 is 4. The van der Waals surface area contributed by atoms with Crippen molar-refractivity contribution in [1.29, 1.82) is 0 Å². The summed E-state index contributed by atoms with van der Waals surface area (Å²) in [5.74, 6) is -0.113. The maximum absolute atomic E-state index is 14.0. The number of carbonyl (C=O) groups excluding carboxylic acids is 4. The number of nitrogens with one attached hydrogen (secondary N) is 2. The third-order valence-electron chi connectivity index (χ3n) is 24.7. The Labute approximate surface area is 647 Å². The number of epoxide rings is 1. The number of para-hydroxylation sites is 1. The fourth-order valence-corrected chi connectivity index (χ4v) is 18.7. The van der Waals surface area contributed by atoms with Gasteiger partial charge in [-0.2, -0.15) is 0 Å². The van der Waals surface area contributed by atoms with Crippen LogP contribution < -0.4 is 24.3 Å². The molecule has 5 N–H and O–H groups in total. The number of pyridine rings is 1. The van der Waals surface area contributed by atoms with Gasteiger partial charge in [-0.25, -0.2) is 4.79 Å². The Kier molecular flexibility index (Phi) is 23.9. The van der Waals surface area contributed by atoms with Crippen molar-refractivity contribution < 1.29 is 101 Å². The van der Waals surface area contributed by atoms with Crippen molar-refractivity contribution in [2.45, 2.75) is 210 Å². The Morgan fingerprint density at radius 2 is 1.35 bits per heavy atom. The second-order valence-electron chi connectivity index (χ2n) is 31.3. The summed E-state index contributed by atoms with van der Waals surface area (Å²) >= 11 is 0. The van der Waals surface area contributed by atoms with Crippen LogP contribution in [0.1, 0.15) is 138 Å². The minimum absolute atomic E-state index is 0.109. The lowest BCUT2D eigenvalue weighted by atomic mass is 9.72. The molecule has 0 unspecified atom stereocenters. The lowest BCUT2D eigenvalue weighted by Gasteiger charge is -2.48. The Bertz CT molecular complexity index is 4550. The molecule has 0 bridgehead atoms. The van der Waals surface area contributed by atoms with E-state index in [2.05, 4.69) is 95.6 Å². The summed E-state index contributed by atoms with van der Waals surface area (Å²) < 4.78 is 81.9. The number of hydrogen-bond acceptors (Lipinski definition) is 24. The van der Waals surface area contributed by atoms with E-state index in [1.165, 1.54) is 105 Å². The first-order valence-corrected chi connectivity index (χ1v) is 39.1. The molecule has 1 aliphatic carbocycles. The van der Waals surface area contributed by atoms with E-state index in [0.29, 0.717) is 43.4 Å². The molecule has 7 fully saturated rings. The number of fused-ring (bicyclic) bond motifs is 11. The van der Waals surface area contributed by atoms with Crippen molar-refractivity contribution in [3.05, 3.63) is 142 Å². The maximum Gasteiger partial charge on any atom is 0.331 e. The summed E-state index contributed by atoms with van der Waals surface area (Å²) in [4.78, 5) is 61.4. The second-order valence-corrected chi connectivity index (χ2v) is 31.3. The molecule has 0 amide bonds. The largest absolute Gasteiger partial charge is 0.493 e. The lowest BCUT2D eigenvalue weighted by Crippen LogP contribution is -2.64. The molecule has 9 aliphatic rings. The molecule has 8 aliphatic heterocycles. The van der Waals surface area contributed by atoms with Gasteiger partial charge in [-0.05, 0) is 178 Å². The molecule has 6 saturated heterocycles. The summed E-state index contributed by atoms with van der Waals surface area (Å²) in [6.07, 6.45) is -1.16. The van der Waals surface area contributed by atoms with Gasteiger partial charge in [0.1, 0.15) is 24.4 Å². The van der Waals surface area contributed by atoms with E-state index in [4.69, 9.17) is 66.3 Å². The number of carbonyl (C=O) groups is 4. The van der Waals surface area contributed by atoms with Crippen molar-refractivity contribution in [2.75, 3.05) is 61.3 Å². The van der Waals surface area contributed by atoms with Crippen LogP contribution in [0, 0.1) is 43.4 Å². The van der Waals surface area contributed by atoms with Crippen LogP contribution in [0.3, 0.4) is 0 Å². The van der Waals surface area contributed by atoms with E-state index in [1.54, 1.807) is 34.5 Å². The van der Waals surface area contributed by atoms with Gasteiger partial charge in [0.2, 0.25) is 12.1 Å². The number of aryl methyl sites for hydroxylation is 2. The van der Waals surface area contributed by atoms with Crippen molar-refractivity contribution >= 4 is 62.5 Å². The van der Waals surface area contributed by atoms with E-state index < -0.39 is 115 Å². The first-order chi connectivity index (χ1) is 53.5. The van der Waals surface area contributed by atoms with Crippen molar-refractivity contribution in [3.8, 4) is 23.0 Å². The zero-order chi connectivity index (χ0) is 78.3. The predicted octanol–water partition coefficient (Wildman–Crippen LogP) is 10.7. The number of benzene rings is 5. The molecule has 5 aromatic carbocycles. The van der Waals surface area contributed by atoms with Crippen LogP contribution in [0.5, 0.6) is 23.0 Å². The highest BCUT2D eigenvalue weighted by Gasteiger charge is 2.76. The lowest BCUT2D eigenvalue weighted by molar-refractivity contribution is -0.358. The second kappa shape index (κ2) is 33.4. The van der Waals surface area contributed by atoms with Crippen molar-refractivity contribution in [2.24, 2.45) is 29.6 Å². The molecular weight excluding hydrogens is 1420 g/mol. The molecule has 1 saturated carbocycles. The van der Waals surface area contributed by atoms with E-state index in [-0.39, 0.29) is 31.3 Å². The average molecular weight is 1530 g/mol. The van der Waals surface area contributed by atoms with Gasteiger partial charge in [0.25, 0.3) is 0 Å². The third kappa shape index (κ3) is 15.8. The van der Waals surface area contributed by atoms with Crippen LogP contribution in [0.25, 0.3) is 38.7 Å². The van der Waals surface area contributed by atoms with Gasteiger partial charge < -0.3 is 91.9 Å². The monoisotopic (exact) mass is 1530 g/mol. The van der Waals surface area contributed by atoms with Crippen LogP contribution in [-0.2, 0) is 79.4 Å². The molecule has 0 radical (unpaired) electrons. The third-order valence-corrected chi connectivity index (χ3v) is 24.7. The van der Waals surface area contributed by atoms with E-state index >= 15 is 0 Å².